The van der Waals surface area contributed by atoms with Gasteiger partial charge in [0.05, 0.1) is 0 Å². The summed E-state index contributed by atoms with van der Waals surface area (Å²) in [5.41, 5.74) is -1.98. The third kappa shape index (κ3) is 15.3. The smallest absolute Gasteiger partial charge is 0.437 e. The number of rotatable bonds is 8. The van der Waals surface area contributed by atoms with Crippen molar-refractivity contribution < 1.29 is 38.2 Å². The van der Waals surface area contributed by atoms with Gasteiger partial charge >= 0.3 is 18.3 Å². The van der Waals surface area contributed by atoms with E-state index in [-0.39, 0.29) is 29.0 Å². The first-order chi connectivity index (χ1) is 20.5. The predicted octanol–water partition coefficient (Wildman–Crippen LogP) is 4.76. The Hall–Kier alpha value is -4.36. The van der Waals surface area contributed by atoms with E-state index in [9.17, 15) is 24.0 Å². The Morgan fingerprint density at radius 1 is 0.800 bits per heavy atom. The molecule has 0 aliphatic rings. The molecule has 1 aromatic rings. The lowest BCUT2D eigenvalue weighted by Gasteiger charge is -2.27. The van der Waals surface area contributed by atoms with Crippen LogP contribution in [0.1, 0.15) is 94.2 Å². The standard InChI is InChI=1S/C31H50N6O8/c1-13-18(2)21(23(38)32-12)34-24(39)22(35-26(40)43-29(3,4)5)19-15-14-16-20(17-19)33-25(36-27(41)44-30(6,7)8)37-28(42)45-31(9,10)11/h14-18,21-22H,13H2,1-12H3,(H,32,38)(H,34,39)(H,35,40)(H2,33,36,37,41,42)/t18-,21-,22?/m0/s1. The van der Waals surface area contributed by atoms with Gasteiger partial charge in [0.15, 0.2) is 0 Å². The molecule has 0 saturated carbocycles. The molecule has 1 unspecified atom stereocenters. The molecule has 14 heteroatoms. The van der Waals surface area contributed by atoms with Crippen LogP contribution in [0.3, 0.4) is 0 Å². The molecule has 5 N–H and O–H groups in total. The van der Waals surface area contributed by atoms with Crippen molar-refractivity contribution in [2.75, 3.05) is 12.4 Å². The highest BCUT2D eigenvalue weighted by Crippen LogP contribution is 2.21. The van der Waals surface area contributed by atoms with E-state index in [4.69, 9.17) is 14.2 Å². The summed E-state index contributed by atoms with van der Waals surface area (Å²) in [4.78, 5) is 67.9. The van der Waals surface area contributed by atoms with Gasteiger partial charge in [0.2, 0.25) is 17.8 Å². The topological polar surface area (TPSA) is 186 Å². The minimum atomic E-state index is -1.30. The van der Waals surface area contributed by atoms with Crippen molar-refractivity contribution in [1.29, 1.82) is 0 Å². The average molecular weight is 635 g/mol. The van der Waals surface area contributed by atoms with Gasteiger partial charge in [0.25, 0.3) is 0 Å². The SMILES string of the molecule is CC[C@H](C)[C@H](NC(=O)C(NC(=O)OC(C)(C)C)c1cccc(N/C(=N/C(=O)OC(C)(C)C)NC(=O)OC(C)(C)C)c1)C(=O)NC. The molecular weight excluding hydrogens is 584 g/mol. The van der Waals surface area contributed by atoms with Crippen LogP contribution in [-0.2, 0) is 23.8 Å². The first-order valence-electron chi connectivity index (χ1n) is 14.7. The number of hydrogen-bond donors (Lipinski definition) is 5. The van der Waals surface area contributed by atoms with Crippen LogP contribution in [0, 0.1) is 5.92 Å². The van der Waals surface area contributed by atoms with E-state index in [1.165, 1.54) is 13.1 Å². The lowest BCUT2D eigenvalue weighted by Crippen LogP contribution is -2.52. The monoisotopic (exact) mass is 634 g/mol. The van der Waals surface area contributed by atoms with Gasteiger partial charge < -0.3 is 35.5 Å². The van der Waals surface area contributed by atoms with Crippen LogP contribution in [0.25, 0.3) is 0 Å². The Kier molecular flexibility index (Phi) is 13.8. The van der Waals surface area contributed by atoms with Gasteiger partial charge in [-0.3, -0.25) is 14.9 Å². The van der Waals surface area contributed by atoms with Crippen LogP contribution < -0.4 is 26.6 Å². The summed E-state index contributed by atoms with van der Waals surface area (Å²) in [7, 11) is 1.47. The molecule has 3 atom stereocenters. The maximum atomic E-state index is 13.6. The Balaban J connectivity index is 3.52. The zero-order valence-electron chi connectivity index (χ0n) is 28.5. The summed E-state index contributed by atoms with van der Waals surface area (Å²) in [6, 6.07) is 4.07. The second-order valence-electron chi connectivity index (χ2n) is 13.4. The Morgan fingerprint density at radius 3 is 1.87 bits per heavy atom. The van der Waals surface area contributed by atoms with Crippen LogP contribution in [0.4, 0.5) is 20.1 Å². The highest BCUT2D eigenvalue weighted by Gasteiger charge is 2.32. The van der Waals surface area contributed by atoms with Crippen molar-refractivity contribution in [3.8, 4) is 0 Å². The molecule has 1 aromatic carbocycles. The number of ether oxygens (including phenoxy) is 3. The van der Waals surface area contributed by atoms with E-state index in [1.807, 2.05) is 13.8 Å². The fraction of sp³-hybridized carbons (Fsp3) is 0.613. The third-order valence-corrected chi connectivity index (χ3v) is 5.66. The zero-order chi connectivity index (χ0) is 34.8. The van der Waals surface area contributed by atoms with Gasteiger partial charge in [-0.2, -0.15) is 0 Å². The number of nitrogens with zero attached hydrogens (tertiary/aromatic N) is 1. The molecule has 14 nitrogen and oxygen atoms in total. The van der Waals surface area contributed by atoms with Gasteiger partial charge in [-0.15, -0.1) is 4.99 Å². The first-order valence-corrected chi connectivity index (χ1v) is 14.7. The largest absolute Gasteiger partial charge is 0.444 e. The Morgan fingerprint density at radius 2 is 1.36 bits per heavy atom. The maximum Gasteiger partial charge on any atom is 0.437 e. The van der Waals surface area contributed by atoms with Crippen LogP contribution in [0.2, 0.25) is 0 Å². The zero-order valence-corrected chi connectivity index (χ0v) is 28.5. The highest BCUT2D eigenvalue weighted by molar-refractivity contribution is 6.06. The molecule has 252 valence electrons. The number of nitrogens with one attached hydrogen (secondary N) is 5. The van der Waals surface area contributed by atoms with E-state index < -0.39 is 53.1 Å². The number of likely N-dealkylation sites (N-methyl/N-ethyl adjacent to an activating group) is 1. The van der Waals surface area contributed by atoms with Crippen molar-refractivity contribution in [3.63, 3.8) is 0 Å². The molecule has 45 heavy (non-hydrogen) atoms. The second kappa shape index (κ2) is 16.1. The number of aliphatic imine (C=N–C) groups is 1. The van der Waals surface area contributed by atoms with E-state index in [2.05, 4.69) is 31.6 Å². The Labute approximate surface area is 265 Å². The number of alkyl carbamates (subject to hydrolysis) is 2. The van der Waals surface area contributed by atoms with Crippen molar-refractivity contribution in [2.45, 2.75) is 111 Å². The van der Waals surface area contributed by atoms with E-state index in [0.717, 1.165) is 0 Å². The van der Waals surface area contributed by atoms with Crippen molar-refractivity contribution in [3.05, 3.63) is 29.8 Å². The number of guanidine groups is 1. The average Bonchev–Trinajstić information content (AvgIpc) is 2.86. The summed E-state index contributed by atoms with van der Waals surface area (Å²) in [6.07, 6.45) is -2.12. The number of anilines is 1. The lowest BCUT2D eigenvalue weighted by atomic mass is 9.97. The van der Waals surface area contributed by atoms with Crippen LogP contribution >= 0.6 is 0 Å². The molecule has 0 saturated heterocycles. The summed E-state index contributed by atoms with van der Waals surface area (Å²) in [5, 5.41) is 13.1. The predicted molar refractivity (Wildman–Crippen MR) is 171 cm³/mol. The summed E-state index contributed by atoms with van der Waals surface area (Å²) >= 11 is 0. The molecule has 0 bridgehead atoms. The highest BCUT2D eigenvalue weighted by atomic mass is 16.6. The quantitative estimate of drug-likeness (QED) is 0.153. The number of hydrogen-bond acceptors (Lipinski definition) is 8. The van der Waals surface area contributed by atoms with Crippen molar-refractivity contribution in [1.82, 2.24) is 21.3 Å². The summed E-state index contributed by atoms with van der Waals surface area (Å²) < 4.78 is 15.9. The van der Waals surface area contributed by atoms with Gasteiger partial charge in [-0.05, 0) is 85.9 Å². The molecule has 1 rings (SSSR count). The first kappa shape index (κ1) is 38.7. The molecule has 0 spiro atoms. The fourth-order valence-corrected chi connectivity index (χ4v) is 3.62. The van der Waals surface area contributed by atoms with Gasteiger partial charge in [-0.1, -0.05) is 32.4 Å². The number of benzene rings is 1. The van der Waals surface area contributed by atoms with Crippen molar-refractivity contribution in [2.24, 2.45) is 10.9 Å². The van der Waals surface area contributed by atoms with Gasteiger partial charge in [0, 0.05) is 12.7 Å². The van der Waals surface area contributed by atoms with E-state index in [1.54, 1.807) is 80.5 Å². The van der Waals surface area contributed by atoms with Gasteiger partial charge in [0.1, 0.15) is 28.9 Å². The van der Waals surface area contributed by atoms with E-state index in [0.29, 0.717) is 6.42 Å². The number of carbonyl (C=O) groups excluding carboxylic acids is 5. The fourth-order valence-electron chi connectivity index (χ4n) is 3.62. The molecule has 5 amide bonds. The molecule has 0 aliphatic carbocycles. The molecule has 0 heterocycles. The molecule has 0 aliphatic heterocycles. The third-order valence-electron chi connectivity index (χ3n) is 5.66. The lowest BCUT2D eigenvalue weighted by molar-refractivity contribution is -0.131. The van der Waals surface area contributed by atoms with E-state index >= 15 is 0 Å². The summed E-state index contributed by atoms with van der Waals surface area (Å²) in [5.74, 6) is -1.58. The minimum Gasteiger partial charge on any atom is -0.444 e. The van der Waals surface area contributed by atoms with Crippen LogP contribution in [0.5, 0.6) is 0 Å². The maximum absolute atomic E-state index is 13.6. The van der Waals surface area contributed by atoms with Crippen LogP contribution in [0.15, 0.2) is 29.3 Å². The normalized spacial score (nSPS) is 14.2. The molecule has 0 radical (unpaired) electrons. The minimum absolute atomic E-state index is 0.213. The second-order valence-corrected chi connectivity index (χ2v) is 13.4. The molecular formula is C31H50N6O8. The van der Waals surface area contributed by atoms with Crippen molar-refractivity contribution >= 4 is 41.7 Å². The Bertz CT molecular complexity index is 1240. The number of amides is 5. The van der Waals surface area contributed by atoms with Crippen LogP contribution in [-0.4, -0.2) is 65.9 Å². The summed E-state index contributed by atoms with van der Waals surface area (Å²) in [6.45, 7) is 18.8. The number of carbonyl (C=O) groups is 5. The molecule has 0 aromatic heterocycles. The van der Waals surface area contributed by atoms with Gasteiger partial charge in [-0.25, -0.2) is 14.4 Å². The molecule has 0 fully saturated rings.